The Kier molecular flexibility index (Phi) is 3.15. The lowest BCUT2D eigenvalue weighted by Gasteiger charge is -2.30. The number of nitrogens with two attached hydrogens (primary N) is 1. The summed E-state index contributed by atoms with van der Waals surface area (Å²) in [6.45, 7) is 2.58. The van der Waals surface area contributed by atoms with Gasteiger partial charge in [-0.05, 0) is 12.5 Å². The first kappa shape index (κ1) is 11.7. The van der Waals surface area contributed by atoms with E-state index in [1.807, 2.05) is 36.0 Å². The molecule has 0 radical (unpaired) electrons. The molecule has 0 amide bonds. The first-order valence-corrected chi connectivity index (χ1v) is 5.67. The van der Waals surface area contributed by atoms with Gasteiger partial charge in [0.05, 0.1) is 5.54 Å². The van der Waals surface area contributed by atoms with E-state index in [4.69, 9.17) is 5.73 Å². The van der Waals surface area contributed by atoms with Crippen LogP contribution in [0, 0.1) is 0 Å². The van der Waals surface area contributed by atoms with E-state index >= 15 is 0 Å². The lowest BCUT2D eigenvalue weighted by Crippen LogP contribution is -2.40. The van der Waals surface area contributed by atoms with Crippen molar-refractivity contribution in [3.05, 3.63) is 48.3 Å². The predicted molar refractivity (Wildman–Crippen MR) is 69.7 cm³/mol. The van der Waals surface area contributed by atoms with Gasteiger partial charge in [-0.2, -0.15) is 0 Å². The average Bonchev–Trinajstić information content (AvgIpc) is 2.76. The topological polar surface area (TPSA) is 55.9 Å². The Morgan fingerprint density at radius 2 is 2.06 bits per heavy atom. The van der Waals surface area contributed by atoms with Gasteiger partial charge < -0.3 is 15.6 Å². The molecule has 1 atom stereocenters. The summed E-state index contributed by atoms with van der Waals surface area (Å²) in [6, 6.07) is 10.2. The van der Waals surface area contributed by atoms with Crippen molar-refractivity contribution in [3.63, 3.8) is 0 Å². The summed E-state index contributed by atoms with van der Waals surface area (Å²) in [5.74, 6) is 0.821. The van der Waals surface area contributed by atoms with Gasteiger partial charge >= 0.3 is 0 Å². The third-order valence-corrected chi connectivity index (χ3v) is 3.03. The van der Waals surface area contributed by atoms with Crippen LogP contribution in [0.4, 0.5) is 5.95 Å². The number of anilines is 1. The number of rotatable bonds is 4. The van der Waals surface area contributed by atoms with Gasteiger partial charge in [0.1, 0.15) is 0 Å². The number of benzene rings is 1. The number of hydrogen-bond donors (Lipinski definition) is 2. The van der Waals surface area contributed by atoms with Gasteiger partial charge in [-0.15, -0.1) is 0 Å². The minimum Gasteiger partial charge on any atom is -0.345 e. The van der Waals surface area contributed by atoms with Crippen LogP contribution >= 0.6 is 0 Å². The molecule has 1 unspecified atom stereocenters. The average molecular weight is 230 g/mol. The normalized spacial score (nSPS) is 14.3. The first-order valence-electron chi connectivity index (χ1n) is 5.67. The summed E-state index contributed by atoms with van der Waals surface area (Å²) >= 11 is 0. The molecule has 1 aromatic carbocycles. The lowest BCUT2D eigenvalue weighted by molar-refractivity contribution is 0.547. The lowest BCUT2D eigenvalue weighted by atomic mass is 9.92. The minimum absolute atomic E-state index is 0.305. The summed E-state index contributed by atoms with van der Waals surface area (Å²) in [6.07, 6.45) is 3.68. The van der Waals surface area contributed by atoms with Gasteiger partial charge in [0, 0.05) is 26.0 Å². The number of nitrogens with one attached hydrogen (secondary N) is 1. The highest BCUT2D eigenvalue weighted by Gasteiger charge is 2.25. The fraction of sp³-hybridized carbons (Fsp3) is 0.308. The molecule has 1 aromatic heterocycles. The number of imidazole rings is 1. The van der Waals surface area contributed by atoms with Crippen molar-refractivity contribution in [2.75, 3.05) is 11.9 Å². The van der Waals surface area contributed by atoms with Gasteiger partial charge in [-0.3, -0.25) is 0 Å². The van der Waals surface area contributed by atoms with Crippen LogP contribution in [-0.2, 0) is 12.6 Å². The maximum Gasteiger partial charge on any atom is 0.203 e. The van der Waals surface area contributed by atoms with Crippen molar-refractivity contribution < 1.29 is 0 Å². The van der Waals surface area contributed by atoms with Crippen LogP contribution < -0.4 is 11.1 Å². The quantitative estimate of drug-likeness (QED) is 0.840. The van der Waals surface area contributed by atoms with Gasteiger partial charge in [0.15, 0.2) is 0 Å². The second kappa shape index (κ2) is 4.59. The summed E-state index contributed by atoms with van der Waals surface area (Å²) in [5.41, 5.74) is 6.76. The molecule has 17 heavy (non-hydrogen) atoms. The maximum atomic E-state index is 5.91. The molecule has 0 spiro atoms. The van der Waals surface area contributed by atoms with E-state index in [1.54, 1.807) is 6.20 Å². The molecule has 0 bridgehead atoms. The Morgan fingerprint density at radius 3 is 2.59 bits per heavy atom. The maximum absolute atomic E-state index is 5.91. The highest BCUT2D eigenvalue weighted by Crippen LogP contribution is 2.23. The van der Waals surface area contributed by atoms with Crippen LogP contribution in [0.3, 0.4) is 0 Å². The molecular weight excluding hydrogens is 212 g/mol. The minimum atomic E-state index is -0.305. The molecule has 0 saturated heterocycles. The highest BCUT2D eigenvalue weighted by atomic mass is 15.2. The Labute approximate surface area is 101 Å². The van der Waals surface area contributed by atoms with Crippen molar-refractivity contribution in [2.45, 2.75) is 12.5 Å². The van der Waals surface area contributed by atoms with Gasteiger partial charge in [-0.25, -0.2) is 4.98 Å². The van der Waals surface area contributed by atoms with Crippen molar-refractivity contribution in [3.8, 4) is 0 Å². The van der Waals surface area contributed by atoms with E-state index in [-0.39, 0.29) is 5.54 Å². The fourth-order valence-corrected chi connectivity index (χ4v) is 1.78. The first-order chi connectivity index (χ1) is 8.15. The summed E-state index contributed by atoms with van der Waals surface area (Å²) in [4.78, 5) is 4.27. The van der Waals surface area contributed by atoms with Crippen molar-refractivity contribution >= 4 is 5.95 Å². The summed E-state index contributed by atoms with van der Waals surface area (Å²) < 4.78 is 1.94. The summed E-state index contributed by atoms with van der Waals surface area (Å²) in [5, 5.41) is 3.40. The molecule has 1 heterocycles. The number of nitrogens with zero attached hydrogens (tertiary/aromatic N) is 2. The number of aromatic nitrogens is 2. The van der Waals surface area contributed by atoms with Crippen LogP contribution in [0.1, 0.15) is 12.5 Å². The van der Waals surface area contributed by atoms with E-state index in [1.165, 1.54) is 0 Å². The van der Waals surface area contributed by atoms with Crippen molar-refractivity contribution in [2.24, 2.45) is 12.8 Å². The zero-order valence-electron chi connectivity index (χ0n) is 10.2. The monoisotopic (exact) mass is 230 g/mol. The molecule has 0 aliphatic rings. The van der Waals surface area contributed by atoms with E-state index in [0.29, 0.717) is 6.54 Å². The SMILES string of the molecule is Cn1ccnc1NC(C)(CN)c1ccccc1. The summed E-state index contributed by atoms with van der Waals surface area (Å²) in [7, 11) is 1.96. The number of hydrogen-bond acceptors (Lipinski definition) is 3. The van der Waals surface area contributed by atoms with E-state index in [0.717, 1.165) is 11.5 Å². The predicted octanol–water partition coefficient (Wildman–Crippen LogP) is 1.71. The van der Waals surface area contributed by atoms with Crippen molar-refractivity contribution in [1.82, 2.24) is 9.55 Å². The second-order valence-electron chi connectivity index (χ2n) is 4.39. The molecule has 4 heteroatoms. The molecule has 3 N–H and O–H groups in total. The molecule has 0 fully saturated rings. The second-order valence-corrected chi connectivity index (χ2v) is 4.39. The number of aryl methyl sites for hydroxylation is 1. The van der Waals surface area contributed by atoms with Gasteiger partial charge in [0.25, 0.3) is 0 Å². The largest absolute Gasteiger partial charge is 0.345 e. The molecule has 2 aromatic rings. The van der Waals surface area contributed by atoms with Crippen LogP contribution in [0.15, 0.2) is 42.7 Å². The molecule has 90 valence electrons. The van der Waals surface area contributed by atoms with Crippen LogP contribution in [0.25, 0.3) is 0 Å². The Balaban J connectivity index is 2.30. The highest BCUT2D eigenvalue weighted by molar-refractivity contribution is 5.37. The third-order valence-electron chi connectivity index (χ3n) is 3.03. The van der Waals surface area contributed by atoms with Crippen LogP contribution in [0.2, 0.25) is 0 Å². The molecular formula is C13H18N4. The zero-order valence-corrected chi connectivity index (χ0v) is 10.2. The Morgan fingerprint density at radius 1 is 1.35 bits per heavy atom. The Bertz CT molecular complexity index is 477. The van der Waals surface area contributed by atoms with E-state index in [9.17, 15) is 0 Å². The molecule has 0 aliphatic heterocycles. The van der Waals surface area contributed by atoms with Gasteiger partial charge in [0.2, 0.25) is 5.95 Å². The molecule has 4 nitrogen and oxygen atoms in total. The zero-order chi connectivity index (χ0) is 12.3. The van der Waals surface area contributed by atoms with E-state index in [2.05, 4.69) is 29.4 Å². The fourth-order valence-electron chi connectivity index (χ4n) is 1.78. The van der Waals surface area contributed by atoms with Crippen molar-refractivity contribution in [1.29, 1.82) is 0 Å². The van der Waals surface area contributed by atoms with Crippen LogP contribution in [-0.4, -0.2) is 16.1 Å². The molecule has 0 saturated carbocycles. The molecule has 0 aliphatic carbocycles. The standard InChI is InChI=1S/C13H18N4/c1-13(10-14,11-6-4-3-5-7-11)16-12-15-8-9-17(12)2/h3-9H,10,14H2,1-2H3,(H,15,16). The third kappa shape index (κ3) is 2.31. The van der Waals surface area contributed by atoms with E-state index < -0.39 is 0 Å². The van der Waals surface area contributed by atoms with Crippen LogP contribution in [0.5, 0.6) is 0 Å². The smallest absolute Gasteiger partial charge is 0.203 e. The van der Waals surface area contributed by atoms with Gasteiger partial charge in [-0.1, -0.05) is 30.3 Å². The Hall–Kier alpha value is -1.81. The molecule has 2 rings (SSSR count).